The molecule has 1 aliphatic rings. The Balaban J connectivity index is 2.18. The molecule has 0 saturated carbocycles. The number of carbonyl (C=O) groups is 2. The van der Waals surface area contributed by atoms with Crippen molar-refractivity contribution < 1.29 is 23.8 Å². The Morgan fingerprint density at radius 3 is 1.44 bits per heavy atom. The van der Waals surface area contributed by atoms with Gasteiger partial charge >= 0.3 is 11.9 Å². The van der Waals surface area contributed by atoms with Gasteiger partial charge in [0, 0.05) is 24.9 Å². The lowest BCUT2D eigenvalue weighted by Gasteiger charge is -2.36. The van der Waals surface area contributed by atoms with Crippen LogP contribution in [0.4, 0.5) is 0 Å². The molecule has 6 nitrogen and oxygen atoms in total. The van der Waals surface area contributed by atoms with Crippen molar-refractivity contribution in [2.24, 2.45) is 5.41 Å². The molecular formula is C44H85NO5. The number of unbranched alkanes of at least 4 members (excludes halogenated alkanes) is 22. The minimum Gasteiger partial charge on any atom is -0.465 e. The summed E-state index contributed by atoms with van der Waals surface area (Å²) in [5.74, 6) is -0.0303. The second-order valence-corrected chi connectivity index (χ2v) is 15.8. The second-order valence-electron chi connectivity index (χ2n) is 15.8. The molecule has 1 N–H and O–H groups in total. The van der Waals surface area contributed by atoms with Crippen molar-refractivity contribution in [3.05, 3.63) is 0 Å². The molecule has 6 heteroatoms. The standard InChI is InChI=1S/C44H85NO5/c1-4-7-10-13-16-17-18-22-27-32-42(46)49-40-44(34-36-45-37-35-44)39-48-38-29-24-19-23-28-33-43(47)50-41(30-25-20-14-11-8-5-2)31-26-21-15-12-9-6-3/h41,45H,4-40H2,1-3H3. The quantitative estimate of drug-likeness (QED) is 0.0512. The molecule has 0 aromatic carbocycles. The van der Waals surface area contributed by atoms with Gasteiger partial charge in [0.2, 0.25) is 0 Å². The summed E-state index contributed by atoms with van der Waals surface area (Å²) >= 11 is 0. The maximum Gasteiger partial charge on any atom is 0.306 e. The first-order chi connectivity index (χ1) is 24.5. The highest BCUT2D eigenvalue weighted by Crippen LogP contribution is 2.30. The van der Waals surface area contributed by atoms with Crippen LogP contribution in [0.5, 0.6) is 0 Å². The fourth-order valence-electron chi connectivity index (χ4n) is 7.28. The van der Waals surface area contributed by atoms with Gasteiger partial charge in [0.15, 0.2) is 0 Å². The van der Waals surface area contributed by atoms with Gasteiger partial charge in [0.1, 0.15) is 6.10 Å². The Hall–Kier alpha value is -1.14. The molecule has 0 unspecified atom stereocenters. The lowest BCUT2D eigenvalue weighted by atomic mass is 9.80. The van der Waals surface area contributed by atoms with Crippen LogP contribution >= 0.6 is 0 Å². The van der Waals surface area contributed by atoms with E-state index in [2.05, 4.69) is 26.1 Å². The molecule has 1 rings (SSSR count). The van der Waals surface area contributed by atoms with Crippen molar-refractivity contribution >= 4 is 11.9 Å². The average Bonchev–Trinajstić information content (AvgIpc) is 3.12. The number of rotatable bonds is 37. The summed E-state index contributed by atoms with van der Waals surface area (Å²) in [6.45, 7) is 10.6. The van der Waals surface area contributed by atoms with Crippen LogP contribution in [0.25, 0.3) is 0 Å². The summed E-state index contributed by atoms with van der Waals surface area (Å²) < 4.78 is 18.0. The smallest absolute Gasteiger partial charge is 0.306 e. The predicted octanol–water partition coefficient (Wildman–Crippen LogP) is 12.6. The molecule has 0 aromatic heterocycles. The summed E-state index contributed by atoms with van der Waals surface area (Å²) in [5, 5.41) is 3.45. The second kappa shape index (κ2) is 34.9. The first kappa shape index (κ1) is 46.9. The Bertz CT molecular complexity index is 737. The largest absolute Gasteiger partial charge is 0.465 e. The highest BCUT2D eigenvalue weighted by molar-refractivity contribution is 5.69. The summed E-state index contributed by atoms with van der Waals surface area (Å²) in [6, 6.07) is 0. The number of piperidine rings is 1. The van der Waals surface area contributed by atoms with Crippen molar-refractivity contribution in [2.75, 3.05) is 32.9 Å². The predicted molar refractivity (Wildman–Crippen MR) is 212 cm³/mol. The van der Waals surface area contributed by atoms with E-state index < -0.39 is 0 Å². The summed E-state index contributed by atoms with van der Waals surface area (Å²) in [6.07, 6.45) is 37.2. The lowest BCUT2D eigenvalue weighted by molar-refractivity contribution is -0.151. The highest BCUT2D eigenvalue weighted by Gasteiger charge is 2.34. The van der Waals surface area contributed by atoms with Crippen LogP contribution in [0, 0.1) is 5.41 Å². The third kappa shape index (κ3) is 28.4. The van der Waals surface area contributed by atoms with Crippen molar-refractivity contribution in [3.63, 3.8) is 0 Å². The molecule has 1 saturated heterocycles. The number of hydrogen-bond acceptors (Lipinski definition) is 6. The third-order valence-electron chi connectivity index (χ3n) is 10.8. The molecule has 1 fully saturated rings. The van der Waals surface area contributed by atoms with E-state index in [9.17, 15) is 9.59 Å². The normalized spacial score (nSPS) is 14.3. The molecular weight excluding hydrogens is 622 g/mol. The number of hydrogen-bond donors (Lipinski definition) is 1. The van der Waals surface area contributed by atoms with Gasteiger partial charge in [-0.3, -0.25) is 9.59 Å². The minimum absolute atomic E-state index is 0.0106. The van der Waals surface area contributed by atoms with E-state index in [0.717, 1.165) is 90.3 Å². The van der Waals surface area contributed by atoms with Gasteiger partial charge in [-0.05, 0) is 70.9 Å². The molecule has 296 valence electrons. The van der Waals surface area contributed by atoms with Crippen LogP contribution in [-0.4, -0.2) is 51.0 Å². The number of esters is 2. The van der Waals surface area contributed by atoms with E-state index in [1.54, 1.807) is 0 Å². The van der Waals surface area contributed by atoms with Gasteiger partial charge in [-0.1, -0.05) is 156 Å². The Kier molecular flexibility index (Phi) is 32.7. The van der Waals surface area contributed by atoms with Crippen LogP contribution in [0.15, 0.2) is 0 Å². The maximum atomic E-state index is 12.7. The van der Waals surface area contributed by atoms with E-state index >= 15 is 0 Å². The topological polar surface area (TPSA) is 73.9 Å². The molecule has 1 aliphatic heterocycles. The van der Waals surface area contributed by atoms with E-state index in [1.165, 1.54) is 122 Å². The van der Waals surface area contributed by atoms with Crippen LogP contribution < -0.4 is 5.32 Å². The lowest BCUT2D eigenvalue weighted by Crippen LogP contribution is -2.43. The van der Waals surface area contributed by atoms with Crippen molar-refractivity contribution in [2.45, 2.75) is 232 Å². The molecule has 0 amide bonds. The molecule has 0 bridgehead atoms. The molecule has 0 spiro atoms. The SMILES string of the molecule is CCCCCCCCCCCC(=O)OCC1(COCCCCCCCC(=O)OC(CCCCCCCC)CCCCCCCC)CCNCC1. The summed E-state index contributed by atoms with van der Waals surface area (Å²) in [4.78, 5) is 25.2. The molecule has 50 heavy (non-hydrogen) atoms. The maximum absolute atomic E-state index is 12.7. The van der Waals surface area contributed by atoms with Gasteiger partial charge in [-0.15, -0.1) is 0 Å². The highest BCUT2D eigenvalue weighted by atomic mass is 16.5. The first-order valence-electron chi connectivity index (χ1n) is 22.2. The number of nitrogens with one attached hydrogen (secondary N) is 1. The van der Waals surface area contributed by atoms with Gasteiger partial charge in [0.25, 0.3) is 0 Å². The Labute approximate surface area is 311 Å². The monoisotopic (exact) mass is 708 g/mol. The van der Waals surface area contributed by atoms with Gasteiger partial charge in [-0.25, -0.2) is 0 Å². The van der Waals surface area contributed by atoms with E-state index in [1.807, 2.05) is 0 Å². The van der Waals surface area contributed by atoms with Crippen molar-refractivity contribution in [3.8, 4) is 0 Å². The zero-order valence-corrected chi connectivity index (χ0v) is 33.8. The molecule has 0 aromatic rings. The summed E-state index contributed by atoms with van der Waals surface area (Å²) in [5.41, 5.74) is -0.0538. The van der Waals surface area contributed by atoms with Crippen LogP contribution in [0.2, 0.25) is 0 Å². The minimum atomic E-state index is -0.0538. The fourth-order valence-corrected chi connectivity index (χ4v) is 7.28. The third-order valence-corrected chi connectivity index (χ3v) is 10.8. The summed E-state index contributed by atoms with van der Waals surface area (Å²) in [7, 11) is 0. The number of ether oxygens (including phenoxy) is 3. The Morgan fingerprint density at radius 1 is 0.520 bits per heavy atom. The zero-order chi connectivity index (χ0) is 36.2. The van der Waals surface area contributed by atoms with Gasteiger partial charge in [-0.2, -0.15) is 0 Å². The van der Waals surface area contributed by atoms with Crippen molar-refractivity contribution in [1.29, 1.82) is 0 Å². The van der Waals surface area contributed by atoms with Gasteiger partial charge < -0.3 is 19.5 Å². The molecule has 0 radical (unpaired) electrons. The molecule has 0 aliphatic carbocycles. The first-order valence-corrected chi connectivity index (χ1v) is 22.2. The van der Waals surface area contributed by atoms with Crippen LogP contribution in [0.1, 0.15) is 226 Å². The zero-order valence-electron chi connectivity index (χ0n) is 33.8. The fraction of sp³-hybridized carbons (Fsp3) is 0.955. The van der Waals surface area contributed by atoms with Crippen LogP contribution in [0.3, 0.4) is 0 Å². The van der Waals surface area contributed by atoms with E-state index in [4.69, 9.17) is 14.2 Å². The van der Waals surface area contributed by atoms with Gasteiger partial charge in [0.05, 0.1) is 13.2 Å². The Morgan fingerprint density at radius 2 is 0.940 bits per heavy atom. The molecule has 0 atom stereocenters. The van der Waals surface area contributed by atoms with E-state index in [-0.39, 0.29) is 23.5 Å². The number of carbonyl (C=O) groups excluding carboxylic acids is 2. The van der Waals surface area contributed by atoms with Crippen LogP contribution in [-0.2, 0) is 23.8 Å². The van der Waals surface area contributed by atoms with E-state index in [0.29, 0.717) is 26.1 Å². The average molecular weight is 708 g/mol. The molecule has 1 heterocycles. The van der Waals surface area contributed by atoms with Crippen molar-refractivity contribution in [1.82, 2.24) is 5.32 Å².